The van der Waals surface area contributed by atoms with Crippen molar-refractivity contribution in [3.05, 3.63) is 23.8 Å². The van der Waals surface area contributed by atoms with E-state index in [9.17, 15) is 18.0 Å². The van der Waals surface area contributed by atoms with Crippen LogP contribution in [0.3, 0.4) is 0 Å². The van der Waals surface area contributed by atoms with E-state index in [-0.39, 0.29) is 24.6 Å². The van der Waals surface area contributed by atoms with Gasteiger partial charge in [0.1, 0.15) is 5.75 Å². The van der Waals surface area contributed by atoms with Crippen molar-refractivity contribution >= 4 is 11.6 Å². The van der Waals surface area contributed by atoms with Crippen molar-refractivity contribution in [2.45, 2.75) is 25.6 Å². The Morgan fingerprint density at radius 3 is 2.64 bits per heavy atom. The summed E-state index contributed by atoms with van der Waals surface area (Å²) in [5, 5.41) is 2.61. The molecule has 1 aromatic rings. The molecule has 1 aromatic carbocycles. The Balaban J connectivity index is 2.73. The number of ether oxygens (including phenoxy) is 2. The summed E-state index contributed by atoms with van der Waals surface area (Å²) in [6.45, 7) is 0.375. The van der Waals surface area contributed by atoms with Gasteiger partial charge in [0.25, 0.3) is 0 Å². The number of hydrogen-bond acceptors (Lipinski definition) is 4. The fourth-order valence-corrected chi connectivity index (χ4v) is 1.74. The third kappa shape index (κ3) is 5.90. The van der Waals surface area contributed by atoms with Crippen LogP contribution in [-0.2, 0) is 9.53 Å². The van der Waals surface area contributed by atoms with Crippen molar-refractivity contribution in [1.29, 1.82) is 0 Å². The molecule has 0 saturated heterocycles. The summed E-state index contributed by atoms with van der Waals surface area (Å²) >= 11 is 0. The molecule has 1 amide bonds. The monoisotopic (exact) mass is 320 g/mol. The van der Waals surface area contributed by atoms with E-state index in [0.29, 0.717) is 11.3 Å². The number of benzene rings is 1. The highest BCUT2D eigenvalue weighted by Crippen LogP contribution is 2.27. The molecule has 0 bridgehead atoms. The van der Waals surface area contributed by atoms with Gasteiger partial charge in [-0.1, -0.05) is 6.07 Å². The smallest absolute Gasteiger partial charge is 0.422 e. The lowest BCUT2D eigenvalue weighted by Gasteiger charge is -2.16. The van der Waals surface area contributed by atoms with E-state index in [2.05, 4.69) is 5.32 Å². The van der Waals surface area contributed by atoms with Gasteiger partial charge in [-0.2, -0.15) is 13.2 Å². The zero-order valence-corrected chi connectivity index (χ0v) is 12.4. The van der Waals surface area contributed by atoms with Crippen molar-refractivity contribution < 1.29 is 27.4 Å². The standard InChI is InChI=1S/C14H19F3N2O3/c1-9-11(19-13(20)6-10(7-18)21-2)4-3-5-12(9)22-8-14(15,16)17/h3-5,10H,6-8,18H2,1-2H3,(H,19,20). The van der Waals surface area contributed by atoms with Gasteiger partial charge >= 0.3 is 6.18 Å². The molecular weight excluding hydrogens is 301 g/mol. The van der Waals surface area contributed by atoms with Crippen molar-refractivity contribution in [3.8, 4) is 5.75 Å². The van der Waals surface area contributed by atoms with E-state index in [1.807, 2.05) is 0 Å². The van der Waals surface area contributed by atoms with Gasteiger partial charge in [-0.15, -0.1) is 0 Å². The summed E-state index contributed by atoms with van der Waals surface area (Å²) in [4.78, 5) is 11.9. The van der Waals surface area contributed by atoms with Gasteiger partial charge < -0.3 is 20.5 Å². The number of hydrogen-bond donors (Lipinski definition) is 2. The van der Waals surface area contributed by atoms with Crippen LogP contribution in [0.1, 0.15) is 12.0 Å². The Morgan fingerprint density at radius 2 is 2.09 bits per heavy atom. The van der Waals surface area contributed by atoms with Crippen molar-refractivity contribution in [3.63, 3.8) is 0 Å². The number of anilines is 1. The van der Waals surface area contributed by atoms with Crippen LogP contribution in [0.5, 0.6) is 5.75 Å². The normalized spacial score (nSPS) is 12.8. The highest BCUT2D eigenvalue weighted by atomic mass is 19.4. The lowest BCUT2D eigenvalue weighted by Crippen LogP contribution is -2.28. The van der Waals surface area contributed by atoms with E-state index in [1.54, 1.807) is 13.0 Å². The fraction of sp³-hybridized carbons (Fsp3) is 0.500. The summed E-state index contributed by atoms with van der Waals surface area (Å²) < 4.78 is 46.3. The average molecular weight is 320 g/mol. The number of alkyl halides is 3. The van der Waals surface area contributed by atoms with Crippen molar-refractivity contribution in [1.82, 2.24) is 0 Å². The van der Waals surface area contributed by atoms with Crippen molar-refractivity contribution in [2.75, 3.05) is 25.6 Å². The maximum Gasteiger partial charge on any atom is 0.422 e. The van der Waals surface area contributed by atoms with Gasteiger partial charge in [0.2, 0.25) is 5.91 Å². The Kier molecular flexibility index (Phi) is 6.63. The Labute approximate surface area is 126 Å². The zero-order valence-electron chi connectivity index (χ0n) is 12.4. The van der Waals surface area contributed by atoms with Crippen LogP contribution in [0.15, 0.2) is 18.2 Å². The largest absolute Gasteiger partial charge is 0.484 e. The van der Waals surface area contributed by atoms with E-state index >= 15 is 0 Å². The van der Waals surface area contributed by atoms with Gasteiger partial charge in [0, 0.05) is 24.9 Å². The third-order valence-corrected chi connectivity index (χ3v) is 2.96. The molecule has 0 radical (unpaired) electrons. The number of nitrogens with one attached hydrogen (secondary N) is 1. The van der Waals surface area contributed by atoms with Crippen LogP contribution in [-0.4, -0.2) is 38.4 Å². The van der Waals surface area contributed by atoms with Crippen LogP contribution in [0.25, 0.3) is 0 Å². The first-order valence-electron chi connectivity index (χ1n) is 6.58. The molecule has 0 aromatic heterocycles. The minimum absolute atomic E-state index is 0.0556. The number of carbonyl (C=O) groups is 1. The van der Waals surface area contributed by atoms with E-state index in [4.69, 9.17) is 15.2 Å². The molecule has 0 aliphatic carbocycles. The lowest BCUT2D eigenvalue weighted by molar-refractivity contribution is -0.153. The number of rotatable bonds is 7. The highest BCUT2D eigenvalue weighted by molar-refractivity contribution is 5.92. The van der Waals surface area contributed by atoms with E-state index < -0.39 is 18.9 Å². The summed E-state index contributed by atoms with van der Waals surface area (Å²) in [5.74, 6) is -0.273. The second-order valence-corrected chi connectivity index (χ2v) is 4.68. The second-order valence-electron chi connectivity index (χ2n) is 4.68. The average Bonchev–Trinajstić information content (AvgIpc) is 2.44. The maximum atomic E-state index is 12.2. The van der Waals surface area contributed by atoms with Crippen LogP contribution in [0.4, 0.5) is 18.9 Å². The molecule has 0 fully saturated rings. The molecule has 0 saturated carbocycles. The summed E-state index contributed by atoms with van der Waals surface area (Å²) in [6, 6.07) is 4.50. The number of amides is 1. The molecule has 124 valence electrons. The van der Waals surface area contributed by atoms with Crippen LogP contribution < -0.4 is 15.8 Å². The van der Waals surface area contributed by atoms with Gasteiger partial charge in [0.15, 0.2) is 6.61 Å². The van der Waals surface area contributed by atoms with Crippen LogP contribution in [0.2, 0.25) is 0 Å². The Bertz CT molecular complexity index is 503. The third-order valence-electron chi connectivity index (χ3n) is 2.96. The molecule has 0 aliphatic rings. The molecule has 1 rings (SSSR count). The van der Waals surface area contributed by atoms with Crippen LogP contribution in [0, 0.1) is 6.92 Å². The van der Waals surface area contributed by atoms with E-state index in [0.717, 1.165) is 0 Å². The first-order chi connectivity index (χ1) is 10.3. The first-order valence-corrected chi connectivity index (χ1v) is 6.58. The maximum absolute atomic E-state index is 12.2. The zero-order chi connectivity index (χ0) is 16.8. The summed E-state index contributed by atoms with van der Waals surface area (Å²) in [6.07, 6.45) is -4.77. The molecule has 0 heterocycles. The predicted molar refractivity (Wildman–Crippen MR) is 75.8 cm³/mol. The Morgan fingerprint density at radius 1 is 1.41 bits per heavy atom. The molecule has 1 atom stereocenters. The predicted octanol–water partition coefficient (Wildman–Crippen LogP) is 2.24. The summed E-state index contributed by atoms with van der Waals surface area (Å²) in [7, 11) is 1.45. The Hall–Kier alpha value is -1.80. The molecule has 0 spiro atoms. The minimum atomic E-state index is -4.42. The number of carbonyl (C=O) groups excluding carboxylic acids is 1. The number of methoxy groups -OCH3 is 1. The first kappa shape index (κ1) is 18.2. The van der Waals surface area contributed by atoms with E-state index in [1.165, 1.54) is 19.2 Å². The van der Waals surface area contributed by atoms with Gasteiger partial charge in [-0.05, 0) is 19.1 Å². The molecule has 5 nitrogen and oxygen atoms in total. The lowest BCUT2D eigenvalue weighted by atomic mass is 10.1. The quantitative estimate of drug-likeness (QED) is 0.808. The highest BCUT2D eigenvalue weighted by Gasteiger charge is 2.28. The number of nitrogens with two attached hydrogens (primary N) is 1. The SMILES string of the molecule is COC(CN)CC(=O)Nc1cccc(OCC(F)(F)F)c1C. The van der Waals surface area contributed by atoms with Crippen LogP contribution >= 0.6 is 0 Å². The molecule has 0 aliphatic heterocycles. The van der Waals surface area contributed by atoms with Gasteiger partial charge in [-0.3, -0.25) is 4.79 Å². The molecule has 3 N–H and O–H groups in total. The molecule has 8 heteroatoms. The minimum Gasteiger partial charge on any atom is -0.484 e. The topological polar surface area (TPSA) is 73.6 Å². The van der Waals surface area contributed by atoms with Crippen molar-refractivity contribution in [2.24, 2.45) is 5.73 Å². The summed E-state index contributed by atoms with van der Waals surface area (Å²) in [5.41, 5.74) is 6.23. The number of halogens is 3. The molecule has 1 unspecified atom stereocenters. The molecular formula is C14H19F3N2O3. The fourth-order valence-electron chi connectivity index (χ4n) is 1.74. The van der Waals surface area contributed by atoms with Gasteiger partial charge in [0.05, 0.1) is 12.5 Å². The molecule has 22 heavy (non-hydrogen) atoms. The van der Waals surface area contributed by atoms with Gasteiger partial charge in [-0.25, -0.2) is 0 Å². The second kappa shape index (κ2) is 8.00.